The molecule has 2 aromatic carbocycles. The first kappa shape index (κ1) is 14.7. The second kappa shape index (κ2) is 9.21. The molecule has 0 aliphatic heterocycles. The first-order valence-electron chi connectivity index (χ1n) is 6.61. The van der Waals surface area contributed by atoms with Gasteiger partial charge < -0.3 is 4.74 Å². The van der Waals surface area contributed by atoms with E-state index >= 15 is 0 Å². The third-order valence-corrected chi connectivity index (χ3v) is 5.09. The van der Waals surface area contributed by atoms with Gasteiger partial charge in [-0.05, 0) is 22.9 Å². The van der Waals surface area contributed by atoms with E-state index in [9.17, 15) is 0 Å². The van der Waals surface area contributed by atoms with Gasteiger partial charge in [0.1, 0.15) is 0 Å². The van der Waals surface area contributed by atoms with Gasteiger partial charge in [-0.1, -0.05) is 77.8 Å². The molecule has 0 bridgehead atoms. The molecule has 2 unspecified atom stereocenters. The lowest BCUT2D eigenvalue weighted by Gasteiger charge is -2.05. The Morgan fingerprint density at radius 1 is 0.632 bits per heavy atom. The highest BCUT2D eigenvalue weighted by Gasteiger charge is 1.94. The fourth-order valence-corrected chi connectivity index (χ4v) is 3.68. The Kier molecular flexibility index (Phi) is 7.11. The van der Waals surface area contributed by atoms with Gasteiger partial charge in [0.25, 0.3) is 0 Å². The van der Waals surface area contributed by atoms with E-state index < -0.39 is 0 Å². The fourth-order valence-electron chi connectivity index (χ4n) is 1.75. The van der Waals surface area contributed by atoms with Crippen molar-refractivity contribution in [1.29, 1.82) is 0 Å². The summed E-state index contributed by atoms with van der Waals surface area (Å²) in [5.41, 5.74) is 0. The Morgan fingerprint density at radius 3 is 1.47 bits per heavy atom. The van der Waals surface area contributed by atoms with Crippen LogP contribution in [-0.2, 0) is 4.74 Å². The van der Waals surface area contributed by atoms with E-state index in [-0.39, 0.29) is 0 Å². The van der Waals surface area contributed by atoms with Crippen LogP contribution in [0.15, 0.2) is 60.7 Å². The van der Waals surface area contributed by atoms with Crippen LogP contribution in [0.2, 0.25) is 0 Å². The molecule has 0 aliphatic carbocycles. The maximum atomic E-state index is 5.69. The normalized spacial score (nSPS) is 11.8. The van der Waals surface area contributed by atoms with Crippen molar-refractivity contribution < 1.29 is 4.74 Å². The molecule has 19 heavy (non-hydrogen) atoms. The molecule has 2 aromatic rings. The highest BCUT2D eigenvalue weighted by molar-refractivity contribution is 7.47. The summed E-state index contributed by atoms with van der Waals surface area (Å²) in [6, 6.07) is 21.3. The van der Waals surface area contributed by atoms with E-state index in [4.69, 9.17) is 4.74 Å². The number of hydrogen-bond acceptors (Lipinski definition) is 1. The molecule has 0 radical (unpaired) electrons. The highest BCUT2D eigenvalue weighted by atomic mass is 31.1. The molecule has 0 saturated carbocycles. The van der Waals surface area contributed by atoms with Crippen LogP contribution >= 0.6 is 17.2 Å². The van der Waals surface area contributed by atoms with Crippen molar-refractivity contribution in [2.24, 2.45) is 0 Å². The van der Waals surface area contributed by atoms with Crippen molar-refractivity contribution in [1.82, 2.24) is 0 Å². The fraction of sp³-hybridized carbons (Fsp3) is 0.250. The number of benzene rings is 2. The Hall–Kier alpha value is -0.740. The van der Waals surface area contributed by atoms with Crippen LogP contribution in [0.3, 0.4) is 0 Å². The minimum Gasteiger partial charge on any atom is -0.381 e. The van der Waals surface area contributed by atoms with Crippen molar-refractivity contribution in [2.75, 3.05) is 25.5 Å². The molecule has 0 fully saturated rings. The molecule has 1 nitrogen and oxygen atoms in total. The van der Waals surface area contributed by atoms with Crippen LogP contribution in [-0.4, -0.2) is 25.5 Å². The topological polar surface area (TPSA) is 9.23 Å². The van der Waals surface area contributed by atoms with E-state index in [0.29, 0.717) is 0 Å². The van der Waals surface area contributed by atoms with Gasteiger partial charge in [0.15, 0.2) is 0 Å². The minimum absolute atomic E-state index is 0.867. The minimum atomic E-state index is 0.867. The molecular weight excluding hydrogens is 270 g/mol. The molecule has 0 aliphatic rings. The molecule has 0 amide bonds. The lowest BCUT2D eigenvalue weighted by atomic mass is 10.4. The third-order valence-electron chi connectivity index (χ3n) is 2.70. The van der Waals surface area contributed by atoms with E-state index in [0.717, 1.165) is 42.7 Å². The summed E-state index contributed by atoms with van der Waals surface area (Å²) in [6.07, 6.45) is 2.27. The molecule has 0 N–H and O–H groups in total. The summed E-state index contributed by atoms with van der Waals surface area (Å²) < 4.78 is 5.69. The summed E-state index contributed by atoms with van der Waals surface area (Å²) in [7, 11) is 1.73. The maximum Gasteiger partial charge on any atom is 0.0506 e. The average molecular weight is 290 g/mol. The van der Waals surface area contributed by atoms with Crippen molar-refractivity contribution in [3.05, 3.63) is 60.7 Å². The van der Waals surface area contributed by atoms with Gasteiger partial charge in [-0.2, -0.15) is 0 Å². The van der Waals surface area contributed by atoms with Crippen molar-refractivity contribution in [3.8, 4) is 0 Å². The second-order valence-corrected chi connectivity index (χ2v) is 7.06. The molecular formula is C16H20OP2. The van der Waals surface area contributed by atoms with Crippen LogP contribution in [0.5, 0.6) is 0 Å². The SMILES string of the molecule is c1ccc(PCCOCCPc2ccccc2)cc1. The number of rotatable bonds is 8. The number of ether oxygens (including phenoxy) is 1. The van der Waals surface area contributed by atoms with Crippen LogP contribution in [0.1, 0.15) is 0 Å². The van der Waals surface area contributed by atoms with Gasteiger partial charge in [0.2, 0.25) is 0 Å². The first-order valence-corrected chi connectivity index (χ1v) is 9.02. The standard InChI is InChI=1S/C16H20OP2/c1-3-7-15(8-4-1)18-13-11-17-12-14-19-16-9-5-2-6-10-16/h1-10,18-19H,11-14H2. The predicted octanol–water partition coefficient (Wildman–Crippen LogP) is 3.01. The zero-order valence-corrected chi connectivity index (χ0v) is 13.0. The van der Waals surface area contributed by atoms with Gasteiger partial charge in [-0.25, -0.2) is 0 Å². The van der Waals surface area contributed by atoms with Crippen LogP contribution in [0.4, 0.5) is 0 Å². The Bertz CT molecular complexity index is 401. The summed E-state index contributed by atoms with van der Waals surface area (Å²) in [5.74, 6) is 0. The zero-order chi connectivity index (χ0) is 13.2. The smallest absolute Gasteiger partial charge is 0.0506 e. The third kappa shape index (κ3) is 6.30. The lowest BCUT2D eigenvalue weighted by Crippen LogP contribution is -2.04. The van der Waals surface area contributed by atoms with Gasteiger partial charge in [0, 0.05) is 0 Å². The average Bonchev–Trinajstić information content (AvgIpc) is 2.48. The van der Waals surface area contributed by atoms with E-state index in [2.05, 4.69) is 60.7 Å². The Balaban J connectivity index is 1.49. The zero-order valence-electron chi connectivity index (χ0n) is 11.0. The molecule has 0 saturated heterocycles. The van der Waals surface area contributed by atoms with Crippen LogP contribution < -0.4 is 10.6 Å². The van der Waals surface area contributed by atoms with Crippen LogP contribution in [0, 0.1) is 0 Å². The van der Waals surface area contributed by atoms with E-state index in [1.165, 1.54) is 10.6 Å². The molecule has 0 spiro atoms. The monoisotopic (exact) mass is 290 g/mol. The van der Waals surface area contributed by atoms with Crippen LogP contribution in [0.25, 0.3) is 0 Å². The van der Waals surface area contributed by atoms with Crippen molar-refractivity contribution in [3.63, 3.8) is 0 Å². The van der Waals surface area contributed by atoms with Crippen molar-refractivity contribution in [2.45, 2.75) is 0 Å². The maximum absolute atomic E-state index is 5.69. The molecule has 2 rings (SSSR count). The summed E-state index contributed by atoms with van der Waals surface area (Å²) in [4.78, 5) is 0. The summed E-state index contributed by atoms with van der Waals surface area (Å²) >= 11 is 0. The van der Waals surface area contributed by atoms with Gasteiger partial charge >= 0.3 is 0 Å². The summed E-state index contributed by atoms with van der Waals surface area (Å²) in [6.45, 7) is 1.76. The highest BCUT2D eigenvalue weighted by Crippen LogP contribution is 2.10. The molecule has 0 aromatic heterocycles. The van der Waals surface area contributed by atoms with Gasteiger partial charge in [-0.15, -0.1) is 0 Å². The Labute approximate surface area is 119 Å². The second-order valence-electron chi connectivity index (χ2n) is 4.20. The van der Waals surface area contributed by atoms with Crippen molar-refractivity contribution >= 4 is 27.8 Å². The summed E-state index contributed by atoms with van der Waals surface area (Å²) in [5, 5.41) is 2.86. The predicted molar refractivity (Wildman–Crippen MR) is 89.3 cm³/mol. The molecule has 100 valence electrons. The first-order chi connectivity index (χ1) is 9.45. The lowest BCUT2D eigenvalue weighted by molar-refractivity contribution is 0.166. The van der Waals surface area contributed by atoms with Gasteiger partial charge in [-0.3, -0.25) is 0 Å². The van der Waals surface area contributed by atoms with E-state index in [1.54, 1.807) is 0 Å². The van der Waals surface area contributed by atoms with Gasteiger partial charge in [0.05, 0.1) is 13.2 Å². The largest absolute Gasteiger partial charge is 0.381 e. The quantitative estimate of drug-likeness (QED) is 0.536. The number of hydrogen-bond donors (Lipinski definition) is 0. The molecule has 2 atom stereocenters. The van der Waals surface area contributed by atoms with E-state index in [1.807, 2.05) is 0 Å². The molecule has 0 heterocycles. The Morgan fingerprint density at radius 2 is 1.05 bits per heavy atom. The molecule has 3 heteroatoms.